The molecule has 6 aliphatic heterocycles. The van der Waals surface area contributed by atoms with E-state index >= 15 is 0 Å². The first kappa shape index (κ1) is 71.8. The van der Waals surface area contributed by atoms with Crippen molar-refractivity contribution in [3.8, 4) is 34.8 Å². The first-order valence-electron chi connectivity index (χ1n) is 32.7. The Kier molecular flexibility index (Phi) is 25.3. The summed E-state index contributed by atoms with van der Waals surface area (Å²) in [5.74, 6) is 6.06. The highest BCUT2D eigenvalue weighted by atomic mass is 16.7. The number of rotatable bonds is 27. The van der Waals surface area contributed by atoms with Gasteiger partial charge in [-0.2, -0.15) is 0 Å². The summed E-state index contributed by atoms with van der Waals surface area (Å²) in [5, 5.41) is 2.84. The largest absolute Gasteiger partial charge is 0.493 e. The van der Waals surface area contributed by atoms with Crippen LogP contribution in [0.5, 0.6) is 23.0 Å². The van der Waals surface area contributed by atoms with Crippen LogP contribution in [0.2, 0.25) is 0 Å². The Morgan fingerprint density at radius 3 is 1.45 bits per heavy atom. The van der Waals surface area contributed by atoms with Gasteiger partial charge in [-0.15, -0.1) is 0 Å². The van der Waals surface area contributed by atoms with Crippen molar-refractivity contribution in [1.29, 1.82) is 0 Å². The highest BCUT2D eigenvalue weighted by Gasteiger charge is 2.51. The molecular formula is C70H94N6O19. The van der Waals surface area contributed by atoms with Crippen LogP contribution in [0.1, 0.15) is 137 Å². The first-order chi connectivity index (χ1) is 45.6. The lowest BCUT2D eigenvalue weighted by molar-refractivity contribution is -0.196. The molecule has 25 nitrogen and oxygen atoms in total. The molecule has 5 amide bonds. The van der Waals surface area contributed by atoms with E-state index in [0.29, 0.717) is 108 Å². The van der Waals surface area contributed by atoms with Crippen molar-refractivity contribution in [3.05, 3.63) is 94.6 Å². The van der Waals surface area contributed by atoms with Crippen molar-refractivity contribution in [1.82, 2.24) is 15.1 Å². The van der Waals surface area contributed by atoms with Gasteiger partial charge in [-0.05, 0) is 134 Å². The topological polar surface area (TPSA) is 266 Å². The number of carbonyl (C=O) groups excluding carboxylic acids is 5. The number of carbonyl (C=O) groups is 5. The number of anilines is 2. The minimum atomic E-state index is -1.04. The van der Waals surface area contributed by atoms with Crippen LogP contribution in [0.4, 0.5) is 21.0 Å². The number of nitrogens with one attached hydrogen (secondary N) is 1. The van der Waals surface area contributed by atoms with Crippen molar-refractivity contribution in [2.75, 3.05) is 116 Å². The molecule has 2 unspecified atom stereocenters. The number of amides is 5. The molecule has 3 N–H and O–H groups in total. The van der Waals surface area contributed by atoms with E-state index in [2.05, 4.69) is 30.3 Å². The molecule has 0 radical (unpaired) electrons. The predicted molar refractivity (Wildman–Crippen MR) is 349 cm³/mol. The summed E-state index contributed by atoms with van der Waals surface area (Å²) in [6.07, 6.45) is 0.582. The maximum atomic E-state index is 14.8. The number of nitrogens with zero attached hydrogens (tertiary/aromatic N) is 4. The van der Waals surface area contributed by atoms with Gasteiger partial charge in [0.05, 0.1) is 108 Å². The van der Waals surface area contributed by atoms with E-state index in [1.807, 2.05) is 18.2 Å². The van der Waals surface area contributed by atoms with Gasteiger partial charge in [-0.25, -0.2) is 19.4 Å². The molecule has 6 atom stereocenters. The normalized spacial score (nSPS) is 21.1. The molecule has 3 aromatic rings. The SMILES string of the molecule is C=C1C[C@H]2[C@H](OC3CCCCO3)N(C(=O)OC(C)(C)C)c3cc(OCc4cc(C#CCNC(=O)CCOCCOCCOCCOCCN)cc(COc5cc6c(cc5OC)C(=O)N5CC(=C)C[C@H]5[C@H](OC5CCCCO5)N6C(=O)OC(C)(C)C)c4)c(OC)cc3C(=O)N2C1. The number of nitrogens with two attached hydrogens (primary N) is 1. The summed E-state index contributed by atoms with van der Waals surface area (Å²) in [4.78, 5) is 78.2. The van der Waals surface area contributed by atoms with Gasteiger partial charge in [0.1, 0.15) is 24.4 Å². The molecule has 0 saturated carbocycles. The van der Waals surface area contributed by atoms with E-state index in [-0.39, 0.29) is 109 Å². The first-order valence-corrected chi connectivity index (χ1v) is 32.7. The van der Waals surface area contributed by atoms with Crippen LogP contribution in [-0.4, -0.2) is 194 Å². The molecule has 0 aliphatic carbocycles. The molecule has 6 heterocycles. The van der Waals surface area contributed by atoms with Crippen molar-refractivity contribution >= 4 is 41.3 Å². The average molecular weight is 1320 g/mol. The maximum absolute atomic E-state index is 14.8. The molecule has 3 aromatic carbocycles. The highest BCUT2D eigenvalue weighted by molar-refractivity contribution is 6.07. The lowest BCUT2D eigenvalue weighted by Crippen LogP contribution is -2.54. The third-order valence-corrected chi connectivity index (χ3v) is 16.2. The third kappa shape index (κ3) is 19.4. The quantitative estimate of drug-likeness (QED) is 0.0411. The highest BCUT2D eigenvalue weighted by Crippen LogP contribution is 2.46. The summed E-state index contributed by atoms with van der Waals surface area (Å²) in [7, 11) is 2.92. The van der Waals surface area contributed by atoms with Gasteiger partial charge in [0.15, 0.2) is 48.0 Å². The number of hydrogen-bond donors (Lipinski definition) is 2. The zero-order chi connectivity index (χ0) is 67.8. The summed E-state index contributed by atoms with van der Waals surface area (Å²) in [5.41, 5.74) is 7.59. The predicted octanol–water partition coefficient (Wildman–Crippen LogP) is 8.53. The van der Waals surface area contributed by atoms with Crippen molar-refractivity contribution in [2.45, 2.75) is 161 Å². The molecule has 95 heavy (non-hydrogen) atoms. The zero-order valence-electron chi connectivity index (χ0n) is 56.2. The number of ether oxygens (including phenoxy) is 14. The molecule has 0 bridgehead atoms. The molecule has 0 aromatic heterocycles. The summed E-state index contributed by atoms with van der Waals surface area (Å²) < 4.78 is 85.0. The molecule has 4 saturated heterocycles. The number of methoxy groups -OCH3 is 2. The second-order valence-electron chi connectivity index (χ2n) is 26.0. The van der Waals surface area contributed by atoms with Gasteiger partial charge in [0.2, 0.25) is 5.91 Å². The van der Waals surface area contributed by atoms with Crippen LogP contribution < -0.4 is 39.8 Å². The van der Waals surface area contributed by atoms with E-state index < -0.39 is 60.5 Å². The number of hydrogen-bond acceptors (Lipinski definition) is 20. The fraction of sp³-hybridized carbons (Fsp3) is 0.586. The standard InChI is InChI=1S/C70H94N6O19/c1-45-32-54-65(92-61-17-11-13-22-88-61)75(67(80)94-69(3,4)5)52-39-58(56(82-9)37-50(52)63(78)73(54)41-45)90-43-48-34-47(16-15-21-72-60(77)19-24-84-26-28-86-30-31-87-29-27-85-25-20-71)35-49(36-48)44-91-59-40-53-51(38-57(59)83-10)64(79)74-42-46(2)33-55(74)66(93-62-18-12-14-23-89-62)76(53)68(81)95-70(6,7)8/h34-40,54-55,61-62,65-66H,1-2,11-14,17-33,41-44,71H2,3-10H3,(H,72,77)/t54-,55-,61?,62?,65-,66-/m0/s1. The smallest absolute Gasteiger partial charge is 0.417 e. The van der Waals surface area contributed by atoms with Gasteiger partial charge >= 0.3 is 12.2 Å². The second-order valence-corrected chi connectivity index (χ2v) is 26.0. The molecule has 0 spiro atoms. The summed E-state index contributed by atoms with van der Waals surface area (Å²) >= 11 is 0. The van der Waals surface area contributed by atoms with E-state index in [4.69, 9.17) is 72.0 Å². The average Bonchev–Trinajstić information content (AvgIpc) is 1.63. The Bertz CT molecular complexity index is 3090. The minimum Gasteiger partial charge on any atom is -0.493 e. The second kappa shape index (κ2) is 33.4. The summed E-state index contributed by atoms with van der Waals surface area (Å²) in [6.45, 7) is 23.8. The fourth-order valence-corrected chi connectivity index (χ4v) is 11.9. The van der Waals surface area contributed by atoms with Crippen LogP contribution >= 0.6 is 0 Å². The van der Waals surface area contributed by atoms with Crippen LogP contribution in [0.3, 0.4) is 0 Å². The summed E-state index contributed by atoms with van der Waals surface area (Å²) in [6, 6.07) is 10.6. The van der Waals surface area contributed by atoms with E-state index in [9.17, 15) is 24.0 Å². The van der Waals surface area contributed by atoms with Crippen LogP contribution in [0, 0.1) is 11.8 Å². The van der Waals surface area contributed by atoms with E-state index in [1.54, 1.807) is 75.6 Å². The molecule has 518 valence electrons. The third-order valence-electron chi connectivity index (χ3n) is 16.2. The van der Waals surface area contributed by atoms with E-state index in [0.717, 1.165) is 36.8 Å². The van der Waals surface area contributed by atoms with Crippen molar-refractivity contribution in [2.24, 2.45) is 5.73 Å². The Morgan fingerprint density at radius 1 is 0.600 bits per heavy atom. The molecule has 25 heteroatoms. The van der Waals surface area contributed by atoms with Crippen molar-refractivity contribution < 1.29 is 90.3 Å². The lowest BCUT2D eigenvalue weighted by Gasteiger charge is -2.39. The maximum Gasteiger partial charge on any atom is 0.417 e. The fourth-order valence-electron chi connectivity index (χ4n) is 11.9. The van der Waals surface area contributed by atoms with E-state index in [1.165, 1.54) is 24.0 Å². The zero-order valence-corrected chi connectivity index (χ0v) is 56.2. The van der Waals surface area contributed by atoms with Crippen LogP contribution in [-0.2, 0) is 65.4 Å². The van der Waals surface area contributed by atoms with Gasteiger partial charge < -0.3 is 87.2 Å². The monoisotopic (exact) mass is 1320 g/mol. The van der Waals surface area contributed by atoms with Gasteiger partial charge in [0, 0.05) is 57.0 Å². The van der Waals surface area contributed by atoms with Gasteiger partial charge in [-0.3, -0.25) is 14.4 Å². The minimum absolute atomic E-state index is 0.0120. The van der Waals surface area contributed by atoms with Crippen LogP contribution in [0.15, 0.2) is 66.8 Å². The Hall–Kier alpha value is -7.51. The lowest BCUT2D eigenvalue weighted by atomic mass is 10.1. The molecule has 6 aliphatic rings. The van der Waals surface area contributed by atoms with Gasteiger partial charge in [0.25, 0.3) is 11.8 Å². The number of benzene rings is 3. The molecular weight excluding hydrogens is 1230 g/mol. The molecule has 9 rings (SSSR count). The Morgan fingerprint density at radius 2 is 1.04 bits per heavy atom. The Balaban J connectivity index is 1.00. The van der Waals surface area contributed by atoms with Crippen LogP contribution in [0.25, 0.3) is 0 Å². The van der Waals surface area contributed by atoms with Gasteiger partial charge in [-0.1, -0.05) is 36.1 Å². The molecule has 4 fully saturated rings. The Labute approximate surface area is 556 Å². The number of fused-ring (bicyclic) bond motifs is 4. The van der Waals surface area contributed by atoms with Crippen molar-refractivity contribution in [3.63, 3.8) is 0 Å².